The Labute approximate surface area is 68.5 Å². The first-order valence-electron chi connectivity index (χ1n) is 3.38. The zero-order chi connectivity index (χ0) is 7.84. The minimum Gasteiger partial charge on any atom is -0.343 e. The Morgan fingerprint density at radius 2 is 2.36 bits per heavy atom. The van der Waals surface area contributed by atoms with Crippen LogP contribution in [0.5, 0.6) is 0 Å². The second kappa shape index (κ2) is 2.24. The fourth-order valence-electron chi connectivity index (χ4n) is 1.02. The molecule has 4 heteroatoms. The number of rotatable bonds is 1. The molecule has 2 rings (SSSR count). The van der Waals surface area contributed by atoms with Crippen LogP contribution in [0, 0.1) is 11.3 Å². The average molecular weight is 169 g/mol. The van der Waals surface area contributed by atoms with Crippen molar-refractivity contribution in [1.82, 2.24) is 5.16 Å². The molecule has 1 fully saturated rings. The zero-order valence-electron chi connectivity index (χ0n) is 5.67. The van der Waals surface area contributed by atoms with Crippen LogP contribution < -0.4 is 0 Å². The van der Waals surface area contributed by atoms with Gasteiger partial charge in [0, 0.05) is 5.92 Å². The van der Waals surface area contributed by atoms with Crippen molar-refractivity contribution < 1.29 is 4.52 Å². The molecule has 0 spiro atoms. The van der Waals surface area contributed by atoms with Gasteiger partial charge in [-0.15, -0.1) is 0 Å². The molecule has 3 nitrogen and oxygen atoms in total. The molecule has 1 saturated carbocycles. The Balaban J connectivity index is 2.47. The first kappa shape index (κ1) is 6.68. The molecule has 0 radical (unpaired) electrons. The van der Waals surface area contributed by atoms with Gasteiger partial charge >= 0.3 is 0 Å². The second-order valence-electron chi connectivity index (χ2n) is 2.60. The Morgan fingerprint density at radius 3 is 2.91 bits per heavy atom. The van der Waals surface area contributed by atoms with Crippen LogP contribution in [0.4, 0.5) is 0 Å². The highest BCUT2D eigenvalue weighted by molar-refractivity contribution is 6.30. The summed E-state index contributed by atoms with van der Waals surface area (Å²) >= 11 is 5.57. The third-order valence-corrected chi connectivity index (χ3v) is 2.01. The summed E-state index contributed by atoms with van der Waals surface area (Å²) in [6.07, 6.45) is 2.19. The van der Waals surface area contributed by atoms with E-state index in [2.05, 4.69) is 9.68 Å². The largest absolute Gasteiger partial charge is 0.343 e. The molecule has 0 atom stereocenters. The van der Waals surface area contributed by atoms with Crippen LogP contribution in [-0.4, -0.2) is 5.16 Å². The van der Waals surface area contributed by atoms with Gasteiger partial charge in [0.2, 0.25) is 5.22 Å². The van der Waals surface area contributed by atoms with Crippen LogP contribution in [0.25, 0.3) is 0 Å². The molecule has 1 aromatic rings. The molecule has 0 amide bonds. The maximum atomic E-state index is 8.63. The van der Waals surface area contributed by atoms with Gasteiger partial charge in [-0.25, -0.2) is 0 Å². The summed E-state index contributed by atoms with van der Waals surface area (Å²) in [6, 6.07) is 1.98. The molecule has 0 saturated heterocycles. The third-order valence-electron chi connectivity index (χ3n) is 1.75. The van der Waals surface area contributed by atoms with E-state index in [0.717, 1.165) is 18.5 Å². The molecule has 0 N–H and O–H groups in total. The number of aromatic nitrogens is 1. The van der Waals surface area contributed by atoms with Gasteiger partial charge < -0.3 is 4.52 Å². The van der Waals surface area contributed by atoms with E-state index >= 15 is 0 Å². The van der Waals surface area contributed by atoms with Crippen molar-refractivity contribution in [3.63, 3.8) is 0 Å². The predicted octanol–water partition coefficient (Wildman–Crippen LogP) is 2.08. The smallest absolute Gasteiger partial charge is 0.244 e. The number of nitrogens with zero attached hydrogens (tertiary/aromatic N) is 2. The van der Waals surface area contributed by atoms with Crippen molar-refractivity contribution in [1.29, 1.82) is 5.26 Å². The maximum absolute atomic E-state index is 8.63. The summed E-state index contributed by atoms with van der Waals surface area (Å²) in [5.41, 5.74) is 1.15. The molecule has 0 bridgehead atoms. The quantitative estimate of drug-likeness (QED) is 0.645. The molecular formula is C7H5ClN2O. The van der Waals surface area contributed by atoms with E-state index in [1.165, 1.54) is 0 Å². The van der Waals surface area contributed by atoms with E-state index < -0.39 is 0 Å². The van der Waals surface area contributed by atoms with Gasteiger partial charge in [-0.3, -0.25) is 0 Å². The van der Waals surface area contributed by atoms with Gasteiger partial charge in [0.25, 0.3) is 0 Å². The Morgan fingerprint density at radius 1 is 1.64 bits per heavy atom. The Kier molecular flexibility index (Phi) is 1.36. The van der Waals surface area contributed by atoms with Crippen LogP contribution in [0.1, 0.15) is 30.0 Å². The Hall–Kier alpha value is -1.01. The van der Waals surface area contributed by atoms with Crippen molar-refractivity contribution in [2.45, 2.75) is 18.8 Å². The summed E-state index contributed by atoms with van der Waals surface area (Å²) in [4.78, 5) is 0. The molecule has 0 unspecified atom stereocenters. The topological polar surface area (TPSA) is 49.8 Å². The summed E-state index contributed by atoms with van der Waals surface area (Å²) < 4.78 is 4.68. The maximum Gasteiger partial charge on any atom is 0.244 e. The van der Waals surface area contributed by atoms with Crippen LogP contribution >= 0.6 is 11.6 Å². The number of hydrogen-bond donors (Lipinski definition) is 0. The van der Waals surface area contributed by atoms with Gasteiger partial charge in [-0.1, -0.05) is 5.16 Å². The van der Waals surface area contributed by atoms with Gasteiger partial charge in [-0.05, 0) is 24.4 Å². The number of halogens is 1. The molecule has 1 aliphatic carbocycles. The lowest BCUT2D eigenvalue weighted by molar-refractivity contribution is 0.413. The normalized spacial score (nSPS) is 16.4. The molecule has 1 heterocycles. The first-order chi connectivity index (χ1) is 5.33. The SMILES string of the molecule is N#Cc1c(C2CC2)noc1Cl. The minimum absolute atomic E-state index is 0.120. The zero-order valence-corrected chi connectivity index (χ0v) is 6.43. The first-order valence-corrected chi connectivity index (χ1v) is 3.76. The van der Waals surface area contributed by atoms with E-state index in [0.29, 0.717) is 11.5 Å². The highest BCUT2D eigenvalue weighted by atomic mass is 35.5. The number of nitriles is 1. The van der Waals surface area contributed by atoms with Crippen molar-refractivity contribution in [3.05, 3.63) is 16.5 Å². The van der Waals surface area contributed by atoms with E-state index in [1.54, 1.807) is 0 Å². The molecule has 1 aromatic heterocycles. The lowest BCUT2D eigenvalue weighted by Crippen LogP contribution is -1.82. The summed E-state index contributed by atoms with van der Waals surface area (Å²) in [6.45, 7) is 0. The van der Waals surface area contributed by atoms with Crippen molar-refractivity contribution in [2.75, 3.05) is 0 Å². The third kappa shape index (κ3) is 0.997. The average Bonchev–Trinajstić information content (AvgIpc) is 2.76. The molecule has 1 aliphatic rings. The molecular weight excluding hydrogens is 164 g/mol. The fourth-order valence-corrected chi connectivity index (χ4v) is 1.19. The van der Waals surface area contributed by atoms with Crippen molar-refractivity contribution in [2.24, 2.45) is 0 Å². The van der Waals surface area contributed by atoms with E-state index in [-0.39, 0.29) is 5.22 Å². The van der Waals surface area contributed by atoms with Gasteiger partial charge in [0.1, 0.15) is 17.3 Å². The van der Waals surface area contributed by atoms with Gasteiger partial charge in [-0.2, -0.15) is 5.26 Å². The Bertz CT molecular complexity index is 322. The van der Waals surface area contributed by atoms with Crippen molar-refractivity contribution >= 4 is 11.6 Å². The lowest BCUT2D eigenvalue weighted by Gasteiger charge is -1.84. The van der Waals surface area contributed by atoms with Crippen LogP contribution in [0.3, 0.4) is 0 Å². The highest BCUT2D eigenvalue weighted by Crippen LogP contribution is 2.42. The van der Waals surface area contributed by atoms with E-state index in [9.17, 15) is 0 Å². The predicted molar refractivity (Wildman–Crippen MR) is 38.2 cm³/mol. The van der Waals surface area contributed by atoms with Crippen LogP contribution in [0.2, 0.25) is 5.22 Å². The molecule has 0 aliphatic heterocycles. The highest BCUT2D eigenvalue weighted by Gasteiger charge is 2.31. The molecule has 0 aromatic carbocycles. The lowest BCUT2D eigenvalue weighted by atomic mass is 10.2. The van der Waals surface area contributed by atoms with E-state index in [4.69, 9.17) is 16.9 Å². The second-order valence-corrected chi connectivity index (χ2v) is 2.95. The van der Waals surface area contributed by atoms with Gasteiger partial charge in [0.15, 0.2) is 0 Å². The monoisotopic (exact) mass is 168 g/mol. The van der Waals surface area contributed by atoms with Crippen LogP contribution in [-0.2, 0) is 0 Å². The number of hydrogen-bond acceptors (Lipinski definition) is 3. The summed E-state index contributed by atoms with van der Waals surface area (Å²) in [5, 5.41) is 12.5. The minimum atomic E-state index is 0.120. The van der Waals surface area contributed by atoms with E-state index in [1.807, 2.05) is 6.07 Å². The molecule has 11 heavy (non-hydrogen) atoms. The standard InChI is InChI=1S/C7H5ClN2O/c8-7-5(3-9)6(10-11-7)4-1-2-4/h4H,1-2H2. The summed E-state index contributed by atoms with van der Waals surface area (Å²) in [7, 11) is 0. The molecule has 56 valence electrons. The van der Waals surface area contributed by atoms with Crippen molar-refractivity contribution in [3.8, 4) is 6.07 Å². The fraction of sp³-hybridized carbons (Fsp3) is 0.429. The van der Waals surface area contributed by atoms with Gasteiger partial charge in [0.05, 0.1) is 0 Å². The van der Waals surface area contributed by atoms with Crippen LogP contribution in [0.15, 0.2) is 4.52 Å². The summed E-state index contributed by atoms with van der Waals surface area (Å²) in [5.74, 6) is 0.417.